The van der Waals surface area contributed by atoms with Crippen molar-refractivity contribution in [1.29, 1.82) is 0 Å². The van der Waals surface area contributed by atoms with E-state index in [1.54, 1.807) is 18.2 Å². The molecule has 0 radical (unpaired) electrons. The third kappa shape index (κ3) is 3.32. The van der Waals surface area contributed by atoms with Gasteiger partial charge in [-0.15, -0.1) is 0 Å². The van der Waals surface area contributed by atoms with Gasteiger partial charge < -0.3 is 19.8 Å². The number of benzene rings is 1. The van der Waals surface area contributed by atoms with E-state index < -0.39 is 5.97 Å². The minimum Gasteiger partial charge on any atom is -0.550 e. The van der Waals surface area contributed by atoms with Gasteiger partial charge in [-0.05, 0) is 12.1 Å². The number of aliphatic carboxylic acids is 1. The summed E-state index contributed by atoms with van der Waals surface area (Å²) in [6.07, 6.45) is -0.283. The Hall–Kier alpha value is -0.880. The number of aromatic nitrogens is 1. The van der Waals surface area contributed by atoms with Crippen molar-refractivity contribution in [1.82, 2.24) is 4.98 Å². The average Bonchev–Trinajstić information content (AvgIpc) is 2.44. The van der Waals surface area contributed by atoms with Crippen LogP contribution in [0.25, 0.3) is 11.1 Å². The number of carboxylic acid groups (broad SMARTS) is 1. The molecular formula is C9H8NNaO4. The maximum atomic E-state index is 10.2. The van der Waals surface area contributed by atoms with Crippen molar-refractivity contribution < 1.29 is 49.4 Å². The Bertz CT molecular complexity index is 421. The van der Waals surface area contributed by atoms with Gasteiger partial charge in [0.25, 0.3) is 0 Å². The summed E-state index contributed by atoms with van der Waals surface area (Å²) >= 11 is 0. The Morgan fingerprint density at radius 1 is 1.40 bits per heavy atom. The van der Waals surface area contributed by atoms with Crippen molar-refractivity contribution in [3.63, 3.8) is 0 Å². The SMILES string of the molecule is O.O=C([O-])Cc1nc2ccccc2o1.[Na+]. The molecule has 0 fully saturated rings. The summed E-state index contributed by atoms with van der Waals surface area (Å²) < 4.78 is 5.15. The molecule has 0 bridgehead atoms. The van der Waals surface area contributed by atoms with E-state index in [9.17, 15) is 9.90 Å². The fourth-order valence-electron chi connectivity index (χ4n) is 1.12. The molecule has 0 aliphatic rings. The molecule has 0 saturated heterocycles. The van der Waals surface area contributed by atoms with Crippen molar-refractivity contribution in [3.05, 3.63) is 30.2 Å². The first-order valence-corrected chi connectivity index (χ1v) is 3.80. The first-order valence-electron chi connectivity index (χ1n) is 3.80. The van der Waals surface area contributed by atoms with Gasteiger partial charge in [0, 0.05) is 0 Å². The van der Waals surface area contributed by atoms with Gasteiger partial charge in [0.05, 0.1) is 12.4 Å². The van der Waals surface area contributed by atoms with E-state index in [0.717, 1.165) is 0 Å². The van der Waals surface area contributed by atoms with Gasteiger partial charge in [-0.3, -0.25) is 0 Å². The molecule has 0 unspecified atom stereocenters. The molecule has 1 aromatic heterocycles. The van der Waals surface area contributed by atoms with Crippen LogP contribution in [0.1, 0.15) is 5.89 Å². The molecule has 1 heterocycles. The van der Waals surface area contributed by atoms with E-state index in [2.05, 4.69) is 4.98 Å². The number of fused-ring (bicyclic) bond motifs is 1. The molecular weight excluding hydrogens is 209 g/mol. The van der Waals surface area contributed by atoms with Crippen LogP contribution in [0.15, 0.2) is 28.7 Å². The molecule has 0 aliphatic carbocycles. The number of hydrogen-bond acceptors (Lipinski definition) is 4. The molecule has 6 heteroatoms. The molecule has 5 nitrogen and oxygen atoms in total. The summed E-state index contributed by atoms with van der Waals surface area (Å²) in [5, 5.41) is 10.2. The van der Waals surface area contributed by atoms with Crippen LogP contribution in [0.3, 0.4) is 0 Å². The maximum Gasteiger partial charge on any atom is 1.00 e. The zero-order valence-corrected chi connectivity index (χ0v) is 10.2. The average molecular weight is 217 g/mol. The fraction of sp³-hybridized carbons (Fsp3) is 0.111. The largest absolute Gasteiger partial charge is 1.00 e. The van der Waals surface area contributed by atoms with Gasteiger partial charge in [0.15, 0.2) is 5.58 Å². The Kier molecular flexibility index (Phi) is 5.53. The minimum atomic E-state index is -1.19. The van der Waals surface area contributed by atoms with E-state index in [0.29, 0.717) is 11.1 Å². The van der Waals surface area contributed by atoms with Gasteiger partial charge in [-0.2, -0.15) is 0 Å². The molecule has 15 heavy (non-hydrogen) atoms. The zero-order valence-electron chi connectivity index (χ0n) is 8.19. The van der Waals surface area contributed by atoms with Gasteiger partial charge >= 0.3 is 29.6 Å². The van der Waals surface area contributed by atoms with Gasteiger partial charge in [-0.1, -0.05) is 12.1 Å². The minimum absolute atomic E-state index is 0. The van der Waals surface area contributed by atoms with Crippen LogP contribution in [0.2, 0.25) is 0 Å². The molecule has 74 valence electrons. The number of hydrogen-bond donors (Lipinski definition) is 0. The van der Waals surface area contributed by atoms with Crippen molar-refractivity contribution >= 4 is 17.1 Å². The van der Waals surface area contributed by atoms with Gasteiger partial charge in [0.2, 0.25) is 5.89 Å². The molecule has 2 aromatic rings. The number of nitrogens with zero attached hydrogens (tertiary/aromatic N) is 1. The van der Waals surface area contributed by atoms with Gasteiger partial charge in [-0.25, -0.2) is 4.98 Å². The third-order valence-electron chi connectivity index (χ3n) is 1.63. The Morgan fingerprint density at radius 3 is 2.67 bits per heavy atom. The predicted molar refractivity (Wildman–Crippen MR) is 46.3 cm³/mol. The van der Waals surface area contributed by atoms with E-state index >= 15 is 0 Å². The molecule has 1 aromatic carbocycles. The number of carbonyl (C=O) groups is 1. The topological polar surface area (TPSA) is 97.7 Å². The summed E-state index contributed by atoms with van der Waals surface area (Å²) in [6.45, 7) is 0. The summed E-state index contributed by atoms with van der Waals surface area (Å²) in [6, 6.07) is 7.11. The van der Waals surface area contributed by atoms with E-state index in [-0.39, 0.29) is 47.3 Å². The molecule has 0 aliphatic heterocycles. The van der Waals surface area contributed by atoms with Crippen LogP contribution in [0.4, 0.5) is 0 Å². The Balaban J connectivity index is 0.000000980. The number of carbonyl (C=O) groups excluding carboxylic acids is 1. The van der Waals surface area contributed by atoms with Crippen molar-refractivity contribution in [2.75, 3.05) is 0 Å². The number of carboxylic acids is 1. The number of rotatable bonds is 2. The molecule has 2 rings (SSSR count). The molecule has 0 spiro atoms. The van der Waals surface area contributed by atoms with Crippen LogP contribution in [0, 0.1) is 0 Å². The number of oxazole rings is 1. The summed E-state index contributed by atoms with van der Waals surface area (Å²) in [4.78, 5) is 14.2. The monoisotopic (exact) mass is 217 g/mol. The second-order valence-corrected chi connectivity index (χ2v) is 2.62. The third-order valence-corrected chi connectivity index (χ3v) is 1.63. The first kappa shape index (κ1) is 14.1. The fourth-order valence-corrected chi connectivity index (χ4v) is 1.12. The molecule has 0 saturated carbocycles. The zero-order chi connectivity index (χ0) is 9.26. The van der Waals surface area contributed by atoms with E-state index in [1.807, 2.05) is 6.07 Å². The van der Waals surface area contributed by atoms with Crippen molar-refractivity contribution in [2.24, 2.45) is 0 Å². The molecule has 0 atom stereocenters. The smallest absolute Gasteiger partial charge is 0.550 e. The Morgan fingerprint density at radius 2 is 2.07 bits per heavy atom. The molecule has 0 amide bonds. The maximum absolute atomic E-state index is 10.2. The molecule has 2 N–H and O–H groups in total. The van der Waals surface area contributed by atoms with Crippen LogP contribution in [-0.4, -0.2) is 16.4 Å². The second-order valence-electron chi connectivity index (χ2n) is 2.62. The van der Waals surface area contributed by atoms with E-state index in [1.165, 1.54) is 0 Å². The Labute approximate surface area is 108 Å². The standard InChI is InChI=1S/C9H7NO3.Na.H2O/c11-9(12)5-8-10-6-3-1-2-4-7(6)13-8;;/h1-4H,5H2,(H,11,12);;1H2/q;+1;/p-1. The quantitative estimate of drug-likeness (QED) is 0.483. The summed E-state index contributed by atoms with van der Waals surface area (Å²) in [5.74, 6) is -1.01. The van der Waals surface area contributed by atoms with Crippen LogP contribution in [0.5, 0.6) is 0 Å². The van der Waals surface area contributed by atoms with Gasteiger partial charge in [0.1, 0.15) is 5.52 Å². The van der Waals surface area contributed by atoms with Crippen molar-refractivity contribution in [2.45, 2.75) is 6.42 Å². The summed E-state index contributed by atoms with van der Waals surface area (Å²) in [5.41, 5.74) is 1.26. The second kappa shape index (κ2) is 5.87. The normalized spacial score (nSPS) is 9.07. The first-order chi connectivity index (χ1) is 6.25. The predicted octanol–water partition coefficient (Wildman–Crippen LogP) is -3.70. The number of para-hydroxylation sites is 2. The van der Waals surface area contributed by atoms with Crippen molar-refractivity contribution in [3.8, 4) is 0 Å². The van der Waals surface area contributed by atoms with Crippen LogP contribution < -0.4 is 34.7 Å². The van der Waals surface area contributed by atoms with E-state index in [4.69, 9.17) is 4.42 Å². The van der Waals surface area contributed by atoms with Crippen LogP contribution in [-0.2, 0) is 11.2 Å². The summed E-state index contributed by atoms with van der Waals surface area (Å²) in [7, 11) is 0. The van der Waals surface area contributed by atoms with Crippen LogP contribution >= 0.6 is 0 Å².